The molecular formula is C19H24N4O4S2. The van der Waals surface area contributed by atoms with Crippen LogP contribution in [0.1, 0.15) is 55.6 Å². The molecule has 0 spiro atoms. The number of nitrogens with zero attached hydrogens (tertiary/aromatic N) is 4. The molecule has 1 aliphatic heterocycles. The van der Waals surface area contributed by atoms with Crippen LogP contribution in [0.5, 0.6) is 0 Å². The van der Waals surface area contributed by atoms with Crippen LogP contribution in [0, 0.1) is 0 Å². The third-order valence-corrected chi connectivity index (χ3v) is 8.42. The summed E-state index contributed by atoms with van der Waals surface area (Å²) in [4.78, 5) is 14.8. The smallest absolute Gasteiger partial charge is 0.233 e. The Balaban J connectivity index is 1.30. The largest absolute Gasteiger partial charge is 0.467 e. The van der Waals surface area contributed by atoms with Crippen molar-refractivity contribution in [3.63, 3.8) is 0 Å². The third-order valence-electron chi connectivity index (χ3n) is 5.75. The molecule has 3 heterocycles. The van der Waals surface area contributed by atoms with Crippen molar-refractivity contribution in [3.8, 4) is 0 Å². The SMILES string of the molecule is O=C(CSc1nnc(C2CC2)n1C1CC1)N(Cc1ccco1)C1CCS(=O)(=O)C1. The topological polar surface area (TPSA) is 98.3 Å². The van der Waals surface area contributed by atoms with Gasteiger partial charge in [-0.1, -0.05) is 11.8 Å². The summed E-state index contributed by atoms with van der Waals surface area (Å²) in [7, 11) is -3.09. The van der Waals surface area contributed by atoms with Gasteiger partial charge in [0.25, 0.3) is 0 Å². The Hall–Kier alpha value is -1.81. The maximum absolute atomic E-state index is 13.1. The Kier molecular flexibility index (Phi) is 4.93. The lowest BCUT2D eigenvalue weighted by atomic mass is 10.2. The van der Waals surface area contributed by atoms with Gasteiger partial charge in [0.05, 0.1) is 30.1 Å². The highest BCUT2D eigenvalue weighted by molar-refractivity contribution is 7.99. The highest BCUT2D eigenvalue weighted by Crippen LogP contribution is 2.46. The molecule has 10 heteroatoms. The molecule has 2 saturated carbocycles. The highest BCUT2D eigenvalue weighted by Gasteiger charge is 2.38. The van der Waals surface area contributed by atoms with Gasteiger partial charge in [0.1, 0.15) is 11.6 Å². The molecule has 1 unspecified atom stereocenters. The number of amides is 1. The van der Waals surface area contributed by atoms with E-state index in [0.29, 0.717) is 24.1 Å². The molecule has 1 atom stereocenters. The second-order valence-corrected chi connectivity index (χ2v) is 11.3. The van der Waals surface area contributed by atoms with E-state index in [1.54, 1.807) is 17.2 Å². The first-order chi connectivity index (χ1) is 14.0. The monoisotopic (exact) mass is 436 g/mol. The molecule has 5 rings (SSSR count). The van der Waals surface area contributed by atoms with Crippen molar-refractivity contribution in [2.75, 3.05) is 17.3 Å². The molecule has 2 aromatic rings. The Morgan fingerprint density at radius 3 is 2.69 bits per heavy atom. The predicted molar refractivity (Wildman–Crippen MR) is 107 cm³/mol. The molecule has 0 aromatic carbocycles. The van der Waals surface area contributed by atoms with Gasteiger partial charge in [0.15, 0.2) is 15.0 Å². The minimum Gasteiger partial charge on any atom is -0.467 e. The van der Waals surface area contributed by atoms with Gasteiger partial charge in [-0.25, -0.2) is 8.42 Å². The Labute approximate surface area is 174 Å². The van der Waals surface area contributed by atoms with Gasteiger partial charge in [0, 0.05) is 18.0 Å². The number of carbonyl (C=O) groups is 1. The summed E-state index contributed by atoms with van der Waals surface area (Å²) < 4.78 is 31.6. The van der Waals surface area contributed by atoms with E-state index in [1.165, 1.54) is 24.6 Å². The van der Waals surface area contributed by atoms with E-state index in [2.05, 4.69) is 14.8 Å². The van der Waals surface area contributed by atoms with Gasteiger partial charge in [0.2, 0.25) is 5.91 Å². The summed E-state index contributed by atoms with van der Waals surface area (Å²) in [5.74, 6) is 2.52. The lowest BCUT2D eigenvalue weighted by Crippen LogP contribution is -2.41. The van der Waals surface area contributed by atoms with Crippen molar-refractivity contribution in [3.05, 3.63) is 30.0 Å². The quantitative estimate of drug-likeness (QED) is 0.586. The molecule has 2 aliphatic carbocycles. The van der Waals surface area contributed by atoms with Gasteiger partial charge in [-0.05, 0) is 44.2 Å². The molecule has 3 fully saturated rings. The summed E-state index contributed by atoms with van der Waals surface area (Å²) in [6, 6.07) is 3.75. The van der Waals surface area contributed by atoms with Crippen LogP contribution in [0.3, 0.4) is 0 Å². The van der Waals surface area contributed by atoms with Gasteiger partial charge in [-0.2, -0.15) is 0 Å². The first kappa shape index (κ1) is 19.2. The van der Waals surface area contributed by atoms with Crippen molar-refractivity contribution < 1.29 is 17.6 Å². The molecule has 0 bridgehead atoms. The average Bonchev–Trinajstić information content (AvgIpc) is 3.59. The zero-order valence-corrected chi connectivity index (χ0v) is 17.7. The van der Waals surface area contributed by atoms with Crippen LogP contribution in [-0.4, -0.2) is 57.3 Å². The number of rotatable bonds is 8. The minimum atomic E-state index is -3.09. The van der Waals surface area contributed by atoms with Crippen LogP contribution in [-0.2, 0) is 21.2 Å². The summed E-state index contributed by atoms with van der Waals surface area (Å²) in [6.07, 6.45) is 6.66. The molecule has 3 aliphatic rings. The van der Waals surface area contributed by atoms with E-state index in [9.17, 15) is 13.2 Å². The average molecular weight is 437 g/mol. The molecule has 156 valence electrons. The molecule has 0 radical (unpaired) electrons. The fourth-order valence-corrected chi connectivity index (χ4v) is 6.53. The van der Waals surface area contributed by atoms with E-state index < -0.39 is 9.84 Å². The van der Waals surface area contributed by atoms with E-state index in [-0.39, 0.29) is 35.8 Å². The standard InChI is InChI=1S/C19H24N4O4S2/c24-17(11-28-19-21-20-18(13-3-4-13)23(19)14-5-6-14)22(10-16-2-1-8-27-16)15-7-9-29(25,26)12-15/h1-2,8,13-15H,3-7,9-12H2. The number of thioether (sulfide) groups is 1. The van der Waals surface area contributed by atoms with Crippen LogP contribution in [0.25, 0.3) is 0 Å². The maximum atomic E-state index is 13.1. The van der Waals surface area contributed by atoms with Gasteiger partial charge in [-0.15, -0.1) is 10.2 Å². The normalized spacial score (nSPS) is 23.4. The third kappa shape index (κ3) is 4.23. The lowest BCUT2D eigenvalue weighted by molar-refractivity contribution is -0.131. The molecule has 1 saturated heterocycles. The zero-order chi connectivity index (χ0) is 20.0. The number of furan rings is 1. The summed E-state index contributed by atoms with van der Waals surface area (Å²) in [5.41, 5.74) is 0. The van der Waals surface area contributed by atoms with E-state index in [4.69, 9.17) is 4.42 Å². The number of hydrogen-bond donors (Lipinski definition) is 0. The van der Waals surface area contributed by atoms with E-state index >= 15 is 0 Å². The van der Waals surface area contributed by atoms with Crippen LogP contribution >= 0.6 is 11.8 Å². The fourth-order valence-electron chi connectivity index (χ4n) is 3.90. The molecular weight excluding hydrogens is 412 g/mol. The fraction of sp³-hybridized carbons (Fsp3) is 0.632. The maximum Gasteiger partial charge on any atom is 0.233 e. The molecule has 1 amide bonds. The van der Waals surface area contributed by atoms with Gasteiger partial charge >= 0.3 is 0 Å². The molecule has 0 N–H and O–H groups in total. The number of aromatic nitrogens is 3. The van der Waals surface area contributed by atoms with Crippen molar-refractivity contribution in [2.24, 2.45) is 0 Å². The number of hydrogen-bond acceptors (Lipinski definition) is 7. The first-order valence-electron chi connectivity index (χ1n) is 10.1. The van der Waals surface area contributed by atoms with E-state index in [0.717, 1.165) is 23.8 Å². The zero-order valence-electron chi connectivity index (χ0n) is 16.1. The lowest BCUT2D eigenvalue weighted by Gasteiger charge is -2.27. The Morgan fingerprint density at radius 1 is 1.24 bits per heavy atom. The second-order valence-electron chi connectivity index (χ2n) is 8.16. The van der Waals surface area contributed by atoms with Crippen LogP contribution in [0.4, 0.5) is 0 Å². The minimum absolute atomic E-state index is 0.0220. The van der Waals surface area contributed by atoms with Crippen molar-refractivity contribution in [1.82, 2.24) is 19.7 Å². The van der Waals surface area contributed by atoms with Crippen molar-refractivity contribution in [1.29, 1.82) is 0 Å². The molecule has 8 nitrogen and oxygen atoms in total. The van der Waals surface area contributed by atoms with Gasteiger partial charge < -0.3 is 13.9 Å². The first-order valence-corrected chi connectivity index (χ1v) is 12.9. The Morgan fingerprint density at radius 2 is 2.07 bits per heavy atom. The van der Waals surface area contributed by atoms with E-state index in [1.807, 2.05) is 6.07 Å². The van der Waals surface area contributed by atoms with Crippen molar-refractivity contribution in [2.45, 2.75) is 61.8 Å². The van der Waals surface area contributed by atoms with Crippen LogP contribution in [0.15, 0.2) is 28.0 Å². The predicted octanol–water partition coefficient (Wildman–Crippen LogP) is 2.39. The number of sulfone groups is 1. The highest BCUT2D eigenvalue weighted by atomic mass is 32.2. The molecule has 29 heavy (non-hydrogen) atoms. The molecule has 2 aromatic heterocycles. The summed E-state index contributed by atoms with van der Waals surface area (Å²) >= 11 is 1.41. The summed E-state index contributed by atoms with van der Waals surface area (Å²) in [6.45, 7) is 0.287. The second kappa shape index (κ2) is 7.46. The van der Waals surface area contributed by atoms with Crippen LogP contribution in [0.2, 0.25) is 0 Å². The van der Waals surface area contributed by atoms with Crippen LogP contribution < -0.4 is 0 Å². The van der Waals surface area contributed by atoms with Gasteiger partial charge in [-0.3, -0.25) is 4.79 Å². The van der Waals surface area contributed by atoms with Crippen molar-refractivity contribution >= 4 is 27.5 Å². The number of carbonyl (C=O) groups excluding carboxylic acids is 1. The summed E-state index contributed by atoms with van der Waals surface area (Å²) in [5, 5.41) is 9.55. The Bertz CT molecular complexity index is 994.